The van der Waals surface area contributed by atoms with Crippen LogP contribution in [0.15, 0.2) is 23.1 Å². The van der Waals surface area contributed by atoms with E-state index < -0.39 is 22.6 Å². The maximum absolute atomic E-state index is 11.9. The van der Waals surface area contributed by atoms with Gasteiger partial charge < -0.3 is 4.74 Å². The van der Waals surface area contributed by atoms with Crippen LogP contribution in [0, 0.1) is 6.92 Å². The third kappa shape index (κ3) is 5.48. The highest BCUT2D eigenvalue weighted by Crippen LogP contribution is 2.23. The Morgan fingerprint density at radius 2 is 1.95 bits per heavy atom. The fourth-order valence-electron chi connectivity index (χ4n) is 1.42. The molecule has 1 aromatic carbocycles. The van der Waals surface area contributed by atoms with Gasteiger partial charge in [0.15, 0.2) is 0 Å². The summed E-state index contributed by atoms with van der Waals surface area (Å²) in [6, 6.07) is 3.94. The first-order chi connectivity index (χ1) is 8.59. The molecule has 0 amide bonds. The molecule has 0 aliphatic rings. The Bertz CT molecular complexity index is 541. The lowest BCUT2D eigenvalue weighted by Crippen LogP contribution is -2.12. The minimum atomic E-state index is -4.20. The smallest absolute Gasteiger partial charge is 0.389 e. The van der Waals surface area contributed by atoms with E-state index in [0.29, 0.717) is 11.3 Å². The van der Waals surface area contributed by atoms with Gasteiger partial charge >= 0.3 is 6.18 Å². The first kappa shape index (κ1) is 15.8. The molecule has 0 fully saturated rings. The SMILES string of the molecule is Cc1cc(S(N)(=O)=O)ccc1OCCCC(F)(F)F. The zero-order valence-corrected chi connectivity index (χ0v) is 11.0. The van der Waals surface area contributed by atoms with Crippen LogP contribution in [0.3, 0.4) is 0 Å². The molecular weight excluding hydrogens is 283 g/mol. The molecule has 0 unspecified atom stereocenters. The Morgan fingerprint density at radius 1 is 1.32 bits per heavy atom. The lowest BCUT2D eigenvalue weighted by atomic mass is 10.2. The molecule has 0 saturated heterocycles. The van der Waals surface area contributed by atoms with Gasteiger partial charge in [0.1, 0.15) is 5.75 Å². The largest absolute Gasteiger partial charge is 0.493 e. The van der Waals surface area contributed by atoms with Crippen molar-refractivity contribution in [2.24, 2.45) is 5.14 Å². The number of halogens is 3. The fraction of sp³-hybridized carbons (Fsp3) is 0.455. The molecule has 0 spiro atoms. The number of primary sulfonamides is 1. The molecule has 1 aromatic rings. The van der Waals surface area contributed by atoms with Gasteiger partial charge in [-0.15, -0.1) is 0 Å². The molecule has 0 bridgehead atoms. The average Bonchev–Trinajstić information content (AvgIpc) is 2.23. The van der Waals surface area contributed by atoms with E-state index in [4.69, 9.17) is 9.88 Å². The van der Waals surface area contributed by atoms with E-state index in [9.17, 15) is 21.6 Å². The van der Waals surface area contributed by atoms with Crippen molar-refractivity contribution < 1.29 is 26.3 Å². The van der Waals surface area contributed by atoms with E-state index >= 15 is 0 Å². The van der Waals surface area contributed by atoms with Crippen LogP contribution in [0.5, 0.6) is 5.75 Å². The van der Waals surface area contributed by atoms with Crippen LogP contribution in [0.25, 0.3) is 0 Å². The zero-order valence-electron chi connectivity index (χ0n) is 10.2. The van der Waals surface area contributed by atoms with Gasteiger partial charge in [-0.2, -0.15) is 13.2 Å². The quantitative estimate of drug-likeness (QED) is 0.848. The van der Waals surface area contributed by atoms with Crippen molar-refractivity contribution in [3.63, 3.8) is 0 Å². The van der Waals surface area contributed by atoms with E-state index in [1.165, 1.54) is 18.2 Å². The second-order valence-electron chi connectivity index (χ2n) is 4.04. The minimum absolute atomic E-state index is 0.0624. The lowest BCUT2D eigenvalue weighted by molar-refractivity contribution is -0.136. The van der Waals surface area contributed by atoms with E-state index in [2.05, 4.69) is 0 Å². The molecule has 8 heteroatoms. The summed E-state index contributed by atoms with van der Waals surface area (Å²) in [4.78, 5) is -0.0624. The summed E-state index contributed by atoms with van der Waals surface area (Å²) in [7, 11) is -3.79. The predicted molar refractivity (Wildman–Crippen MR) is 63.3 cm³/mol. The third-order valence-corrected chi connectivity index (χ3v) is 3.25. The summed E-state index contributed by atoms with van der Waals surface area (Å²) in [6.07, 6.45) is -5.27. The van der Waals surface area contributed by atoms with Crippen molar-refractivity contribution in [1.29, 1.82) is 0 Å². The van der Waals surface area contributed by atoms with Crippen LogP contribution in [0.1, 0.15) is 18.4 Å². The Labute approximate surface area is 109 Å². The second-order valence-corrected chi connectivity index (χ2v) is 5.60. The van der Waals surface area contributed by atoms with Crippen LogP contribution in [0.2, 0.25) is 0 Å². The number of benzene rings is 1. The molecular formula is C11H14F3NO3S. The molecule has 108 valence electrons. The van der Waals surface area contributed by atoms with Gasteiger partial charge in [-0.3, -0.25) is 0 Å². The second kappa shape index (κ2) is 5.79. The van der Waals surface area contributed by atoms with Crippen molar-refractivity contribution in [2.75, 3.05) is 6.61 Å². The number of aryl methyl sites for hydroxylation is 1. The number of hydrogen-bond acceptors (Lipinski definition) is 3. The van der Waals surface area contributed by atoms with E-state index in [0.717, 1.165) is 0 Å². The maximum atomic E-state index is 11.9. The van der Waals surface area contributed by atoms with Crippen molar-refractivity contribution >= 4 is 10.0 Å². The predicted octanol–water partition coefficient (Wildman–Crippen LogP) is 2.36. The van der Waals surface area contributed by atoms with Crippen LogP contribution in [-0.4, -0.2) is 21.2 Å². The first-order valence-corrected chi connectivity index (χ1v) is 6.97. The van der Waals surface area contributed by atoms with E-state index in [1.807, 2.05) is 0 Å². The van der Waals surface area contributed by atoms with Crippen LogP contribution in [0.4, 0.5) is 13.2 Å². The van der Waals surface area contributed by atoms with Crippen molar-refractivity contribution in [2.45, 2.75) is 30.8 Å². The van der Waals surface area contributed by atoms with Crippen molar-refractivity contribution in [1.82, 2.24) is 0 Å². The number of alkyl halides is 3. The van der Waals surface area contributed by atoms with Gasteiger partial charge in [-0.25, -0.2) is 13.6 Å². The molecule has 0 saturated carbocycles. The molecule has 4 nitrogen and oxygen atoms in total. The van der Waals surface area contributed by atoms with E-state index in [-0.39, 0.29) is 17.9 Å². The average molecular weight is 297 g/mol. The van der Waals surface area contributed by atoms with Gasteiger partial charge in [0.25, 0.3) is 0 Å². The number of nitrogens with two attached hydrogens (primary N) is 1. The van der Waals surface area contributed by atoms with Crippen LogP contribution < -0.4 is 9.88 Å². The summed E-state index contributed by atoms with van der Waals surface area (Å²) in [6.45, 7) is 1.50. The summed E-state index contributed by atoms with van der Waals surface area (Å²) in [5.74, 6) is 0.342. The molecule has 0 aliphatic carbocycles. The van der Waals surface area contributed by atoms with Gasteiger partial charge in [-0.05, 0) is 37.1 Å². The highest BCUT2D eigenvalue weighted by molar-refractivity contribution is 7.89. The molecule has 0 radical (unpaired) electrons. The minimum Gasteiger partial charge on any atom is -0.493 e. The number of sulfonamides is 1. The first-order valence-electron chi connectivity index (χ1n) is 5.42. The number of ether oxygens (including phenoxy) is 1. The zero-order chi connectivity index (χ0) is 14.7. The molecule has 2 N–H and O–H groups in total. The van der Waals surface area contributed by atoms with Gasteiger partial charge in [0.2, 0.25) is 10.0 Å². The lowest BCUT2D eigenvalue weighted by Gasteiger charge is -2.11. The molecule has 19 heavy (non-hydrogen) atoms. The van der Waals surface area contributed by atoms with E-state index in [1.54, 1.807) is 6.92 Å². The van der Waals surface area contributed by atoms with Crippen LogP contribution >= 0.6 is 0 Å². The van der Waals surface area contributed by atoms with Crippen molar-refractivity contribution in [3.05, 3.63) is 23.8 Å². The summed E-state index contributed by atoms with van der Waals surface area (Å²) in [5, 5.41) is 4.95. The molecule has 0 aromatic heterocycles. The monoisotopic (exact) mass is 297 g/mol. The van der Waals surface area contributed by atoms with Gasteiger partial charge in [0.05, 0.1) is 11.5 Å². The van der Waals surface area contributed by atoms with Gasteiger partial charge in [-0.1, -0.05) is 0 Å². The van der Waals surface area contributed by atoms with Gasteiger partial charge in [0, 0.05) is 6.42 Å². The Balaban J connectivity index is 2.61. The summed E-state index contributed by atoms with van der Waals surface area (Å²) in [5.41, 5.74) is 0.499. The normalized spacial score (nSPS) is 12.5. The fourth-order valence-corrected chi connectivity index (χ4v) is 2.01. The third-order valence-electron chi connectivity index (χ3n) is 2.34. The Hall–Kier alpha value is -1.28. The van der Waals surface area contributed by atoms with Crippen LogP contribution in [-0.2, 0) is 10.0 Å². The topological polar surface area (TPSA) is 69.4 Å². The Kier molecular flexibility index (Phi) is 4.81. The van der Waals surface area contributed by atoms with Crippen molar-refractivity contribution in [3.8, 4) is 5.75 Å². The highest BCUT2D eigenvalue weighted by atomic mass is 32.2. The summed E-state index contributed by atoms with van der Waals surface area (Å²) < 4.78 is 63.0. The molecule has 0 heterocycles. The molecule has 0 aliphatic heterocycles. The highest BCUT2D eigenvalue weighted by Gasteiger charge is 2.26. The molecule has 1 rings (SSSR count). The standard InChI is InChI=1S/C11H14F3NO3S/c1-8-7-9(19(15,16)17)3-4-10(8)18-6-2-5-11(12,13)14/h3-4,7H,2,5-6H2,1H3,(H2,15,16,17). The maximum Gasteiger partial charge on any atom is 0.389 e. The number of hydrogen-bond donors (Lipinski definition) is 1. The number of rotatable bonds is 5. The molecule has 0 atom stereocenters. The summed E-state index contributed by atoms with van der Waals surface area (Å²) >= 11 is 0. The Morgan fingerprint density at radius 3 is 2.42 bits per heavy atom.